The molecule has 0 aromatic heterocycles. The van der Waals surface area contributed by atoms with Crippen LogP contribution in [0.2, 0.25) is 0 Å². The molecular formula is C22H19N. The first-order chi connectivity index (χ1) is 11.3. The third kappa shape index (κ3) is 3.03. The van der Waals surface area contributed by atoms with Gasteiger partial charge in [0.15, 0.2) is 0 Å². The van der Waals surface area contributed by atoms with Gasteiger partial charge in [0.1, 0.15) is 5.41 Å². The zero-order valence-electron chi connectivity index (χ0n) is 13.0. The van der Waals surface area contributed by atoms with Gasteiger partial charge in [-0.2, -0.15) is 5.26 Å². The Bertz CT molecular complexity index is 759. The predicted octanol–water partition coefficient (Wildman–Crippen LogP) is 5.09. The number of nitriles is 1. The highest BCUT2D eigenvalue weighted by Gasteiger charge is 2.29. The van der Waals surface area contributed by atoms with Crippen LogP contribution in [0.5, 0.6) is 0 Å². The van der Waals surface area contributed by atoms with Gasteiger partial charge in [0, 0.05) is 5.92 Å². The van der Waals surface area contributed by atoms with Crippen LogP contribution >= 0.6 is 0 Å². The number of rotatable bonds is 4. The third-order valence-electron chi connectivity index (χ3n) is 4.31. The van der Waals surface area contributed by atoms with Gasteiger partial charge in [-0.1, -0.05) is 85.0 Å². The first-order valence-electron chi connectivity index (χ1n) is 7.83. The predicted molar refractivity (Wildman–Crippen MR) is 95.1 cm³/mol. The Morgan fingerprint density at radius 1 is 1.00 bits per heavy atom. The second kappa shape index (κ2) is 6.50. The maximum Gasteiger partial charge on any atom is 0.118 e. The molecule has 0 heterocycles. The van der Waals surface area contributed by atoms with E-state index in [9.17, 15) is 5.26 Å². The molecule has 0 atom stereocenters. The minimum atomic E-state index is -0.652. The molecule has 2 aromatic carbocycles. The molecule has 0 amide bonds. The number of hydrogen-bond donors (Lipinski definition) is 0. The van der Waals surface area contributed by atoms with Gasteiger partial charge < -0.3 is 0 Å². The van der Waals surface area contributed by atoms with Gasteiger partial charge in [-0.15, -0.1) is 6.58 Å². The SMILES string of the molecule is C=CCc1ccc(C2C=CC(C#N)(c3ccccc3)C=C2)cc1. The molecule has 1 nitrogen and oxygen atoms in total. The molecule has 0 saturated carbocycles. The molecular weight excluding hydrogens is 278 g/mol. The fourth-order valence-corrected chi connectivity index (χ4v) is 2.94. The van der Waals surface area contributed by atoms with Gasteiger partial charge in [0.2, 0.25) is 0 Å². The maximum absolute atomic E-state index is 9.69. The summed E-state index contributed by atoms with van der Waals surface area (Å²) in [7, 11) is 0. The molecule has 23 heavy (non-hydrogen) atoms. The zero-order valence-corrected chi connectivity index (χ0v) is 13.0. The van der Waals surface area contributed by atoms with Crippen LogP contribution in [0, 0.1) is 11.3 Å². The molecule has 112 valence electrons. The van der Waals surface area contributed by atoms with E-state index in [0.29, 0.717) is 0 Å². The van der Waals surface area contributed by atoms with Gasteiger partial charge in [0.25, 0.3) is 0 Å². The Hall–Kier alpha value is -2.85. The Morgan fingerprint density at radius 2 is 1.65 bits per heavy atom. The monoisotopic (exact) mass is 297 g/mol. The van der Waals surface area contributed by atoms with Gasteiger partial charge in [0.05, 0.1) is 6.07 Å². The van der Waals surface area contributed by atoms with Gasteiger partial charge in [-0.25, -0.2) is 0 Å². The first-order valence-corrected chi connectivity index (χ1v) is 7.83. The van der Waals surface area contributed by atoms with Crippen molar-refractivity contribution >= 4 is 0 Å². The van der Waals surface area contributed by atoms with Crippen molar-refractivity contribution in [2.75, 3.05) is 0 Å². The molecule has 0 radical (unpaired) electrons. The Kier molecular flexibility index (Phi) is 4.26. The Labute approximate surface area is 137 Å². The van der Waals surface area contributed by atoms with Gasteiger partial charge in [-0.3, -0.25) is 0 Å². The number of nitrogens with zero attached hydrogens (tertiary/aromatic N) is 1. The van der Waals surface area contributed by atoms with Crippen LogP contribution in [0.4, 0.5) is 0 Å². The maximum atomic E-state index is 9.69. The second-order valence-corrected chi connectivity index (χ2v) is 5.83. The minimum Gasteiger partial charge on any atom is -0.197 e. The highest BCUT2D eigenvalue weighted by atomic mass is 14.4. The quantitative estimate of drug-likeness (QED) is 0.721. The average molecular weight is 297 g/mol. The van der Waals surface area contributed by atoms with E-state index in [1.165, 1.54) is 11.1 Å². The lowest BCUT2D eigenvalue weighted by molar-refractivity contribution is 0.828. The highest BCUT2D eigenvalue weighted by Crippen LogP contribution is 2.34. The van der Waals surface area contributed by atoms with Crippen molar-refractivity contribution in [3.8, 4) is 6.07 Å². The fraction of sp³-hybridized carbons (Fsp3) is 0.136. The van der Waals surface area contributed by atoms with E-state index in [-0.39, 0.29) is 5.92 Å². The Morgan fingerprint density at radius 3 is 2.22 bits per heavy atom. The summed E-state index contributed by atoms with van der Waals surface area (Å²) in [5, 5.41) is 9.69. The van der Waals surface area contributed by atoms with Crippen molar-refractivity contribution in [1.29, 1.82) is 5.26 Å². The van der Waals surface area contributed by atoms with Crippen molar-refractivity contribution in [1.82, 2.24) is 0 Å². The van der Waals surface area contributed by atoms with Crippen molar-refractivity contribution < 1.29 is 0 Å². The summed E-state index contributed by atoms with van der Waals surface area (Å²) in [6, 6.07) is 21.0. The van der Waals surface area contributed by atoms with Gasteiger partial charge in [-0.05, 0) is 23.1 Å². The molecule has 0 fully saturated rings. The topological polar surface area (TPSA) is 23.8 Å². The lowest BCUT2D eigenvalue weighted by atomic mass is 9.76. The van der Waals surface area contributed by atoms with Crippen molar-refractivity contribution in [3.63, 3.8) is 0 Å². The molecule has 0 bridgehead atoms. The van der Waals surface area contributed by atoms with Crippen LogP contribution in [-0.4, -0.2) is 0 Å². The summed E-state index contributed by atoms with van der Waals surface area (Å²) in [5.41, 5.74) is 2.86. The van der Waals surface area contributed by atoms with Gasteiger partial charge >= 0.3 is 0 Å². The fourth-order valence-electron chi connectivity index (χ4n) is 2.94. The van der Waals surface area contributed by atoms with Crippen LogP contribution in [0.1, 0.15) is 22.6 Å². The summed E-state index contributed by atoms with van der Waals surface area (Å²) in [5.74, 6) is 0.220. The van der Waals surface area contributed by atoms with Crippen LogP contribution in [0.25, 0.3) is 0 Å². The molecule has 0 N–H and O–H groups in total. The molecule has 0 unspecified atom stereocenters. The van der Waals surface area contributed by atoms with E-state index >= 15 is 0 Å². The summed E-state index contributed by atoms with van der Waals surface area (Å²) in [6.45, 7) is 3.77. The summed E-state index contributed by atoms with van der Waals surface area (Å²) in [4.78, 5) is 0. The van der Waals surface area contributed by atoms with E-state index in [2.05, 4.69) is 49.1 Å². The van der Waals surface area contributed by atoms with E-state index in [1.807, 2.05) is 48.6 Å². The average Bonchev–Trinajstić information content (AvgIpc) is 2.63. The molecule has 1 heteroatoms. The minimum absolute atomic E-state index is 0.220. The second-order valence-electron chi connectivity index (χ2n) is 5.83. The first kappa shape index (κ1) is 15.1. The molecule has 1 aliphatic rings. The van der Waals surface area contributed by atoms with Crippen LogP contribution in [0.3, 0.4) is 0 Å². The van der Waals surface area contributed by atoms with E-state index in [0.717, 1.165) is 12.0 Å². The van der Waals surface area contributed by atoms with Crippen LogP contribution < -0.4 is 0 Å². The molecule has 3 rings (SSSR count). The molecule has 0 aliphatic heterocycles. The lowest BCUT2D eigenvalue weighted by Crippen LogP contribution is -2.21. The van der Waals surface area contributed by atoms with E-state index < -0.39 is 5.41 Å². The summed E-state index contributed by atoms with van der Waals surface area (Å²) in [6.07, 6.45) is 11.1. The van der Waals surface area contributed by atoms with Crippen LogP contribution in [0.15, 0.2) is 91.6 Å². The van der Waals surface area contributed by atoms with Crippen molar-refractivity contribution in [2.24, 2.45) is 0 Å². The van der Waals surface area contributed by atoms with E-state index in [1.54, 1.807) is 0 Å². The molecule has 1 aliphatic carbocycles. The van der Waals surface area contributed by atoms with Crippen LogP contribution in [-0.2, 0) is 11.8 Å². The zero-order chi connectivity index (χ0) is 16.1. The normalized spacial score (nSPS) is 22.5. The lowest BCUT2D eigenvalue weighted by Gasteiger charge is -2.25. The summed E-state index contributed by atoms with van der Waals surface area (Å²) >= 11 is 0. The van der Waals surface area contributed by atoms with Crippen molar-refractivity contribution in [3.05, 3.63) is 108 Å². The number of hydrogen-bond acceptors (Lipinski definition) is 1. The summed E-state index contributed by atoms with van der Waals surface area (Å²) < 4.78 is 0. The highest BCUT2D eigenvalue weighted by molar-refractivity contribution is 5.49. The Balaban J connectivity index is 1.84. The number of benzene rings is 2. The van der Waals surface area contributed by atoms with Crippen molar-refractivity contribution in [2.45, 2.75) is 17.8 Å². The molecule has 0 saturated heterocycles. The van der Waals surface area contributed by atoms with E-state index in [4.69, 9.17) is 0 Å². The number of allylic oxidation sites excluding steroid dienone is 5. The largest absolute Gasteiger partial charge is 0.197 e. The molecule has 0 spiro atoms. The molecule has 2 aromatic rings. The smallest absolute Gasteiger partial charge is 0.118 e. The third-order valence-corrected chi connectivity index (χ3v) is 4.31. The standard InChI is InChI=1S/C22H19N/c1-2-6-18-9-11-19(12-10-18)20-13-15-22(17-23,16-14-20)21-7-4-3-5-8-21/h2-5,7-16,20H,1,6H2.